The number of rotatable bonds is 4. The normalized spacial score (nSPS) is 17.7. The molecule has 2 aromatic rings. The summed E-state index contributed by atoms with van der Waals surface area (Å²) < 4.78 is 14.6. The molecule has 128 valence electrons. The van der Waals surface area contributed by atoms with Gasteiger partial charge in [0.1, 0.15) is 5.82 Å². The molecule has 1 aliphatic heterocycles. The van der Waals surface area contributed by atoms with E-state index in [0.29, 0.717) is 29.8 Å². The number of carbonyl (C=O) groups excluding carboxylic acids is 1. The van der Waals surface area contributed by atoms with Crippen molar-refractivity contribution in [2.45, 2.75) is 19.0 Å². The molecule has 1 atom stereocenters. The van der Waals surface area contributed by atoms with E-state index < -0.39 is 0 Å². The van der Waals surface area contributed by atoms with Gasteiger partial charge in [-0.25, -0.2) is 9.07 Å². The predicted octanol–water partition coefficient (Wildman–Crippen LogP) is 1.89. The molecule has 1 amide bonds. The van der Waals surface area contributed by atoms with E-state index >= 15 is 0 Å². The molecule has 0 unspecified atom stereocenters. The van der Waals surface area contributed by atoms with Crippen LogP contribution in [0.1, 0.15) is 22.5 Å². The lowest BCUT2D eigenvalue weighted by Gasteiger charge is -2.19. The number of amides is 1. The summed E-state index contributed by atoms with van der Waals surface area (Å²) >= 11 is 6.02. The van der Waals surface area contributed by atoms with Crippen LogP contribution < -0.4 is 0 Å². The lowest BCUT2D eigenvalue weighted by molar-refractivity contribution is 0.0777. The van der Waals surface area contributed by atoms with Gasteiger partial charge in [0.25, 0.3) is 5.91 Å². The molecular weight excluding hydrogens is 333 g/mol. The van der Waals surface area contributed by atoms with E-state index in [1.807, 2.05) is 14.1 Å². The summed E-state index contributed by atoms with van der Waals surface area (Å²) in [5.74, 6) is -0.501. The third-order valence-electron chi connectivity index (χ3n) is 4.29. The second-order valence-corrected chi connectivity index (χ2v) is 6.60. The van der Waals surface area contributed by atoms with Gasteiger partial charge in [-0.15, -0.1) is 5.10 Å². The first-order chi connectivity index (χ1) is 11.4. The maximum Gasteiger partial charge on any atom is 0.276 e. The molecule has 3 rings (SSSR count). The first-order valence-corrected chi connectivity index (χ1v) is 8.11. The Morgan fingerprint density at radius 2 is 2.25 bits per heavy atom. The fourth-order valence-corrected chi connectivity index (χ4v) is 3.03. The SMILES string of the molecule is CN(C)[C@@H]1CCN(C(=O)c2cn(Cc3ccc(F)cc3Cl)nn2)C1. The predicted molar refractivity (Wildman–Crippen MR) is 88.5 cm³/mol. The van der Waals surface area contributed by atoms with Gasteiger partial charge in [-0.2, -0.15) is 0 Å². The van der Waals surface area contributed by atoms with Crippen molar-refractivity contribution < 1.29 is 9.18 Å². The Kier molecular flexibility index (Phi) is 4.82. The summed E-state index contributed by atoms with van der Waals surface area (Å²) in [4.78, 5) is 16.4. The van der Waals surface area contributed by atoms with Gasteiger partial charge in [-0.05, 0) is 38.2 Å². The number of carbonyl (C=O) groups is 1. The highest BCUT2D eigenvalue weighted by Gasteiger charge is 2.29. The summed E-state index contributed by atoms with van der Waals surface area (Å²) in [6.45, 7) is 1.75. The molecule has 8 heteroatoms. The number of nitrogens with zero attached hydrogens (tertiary/aromatic N) is 5. The zero-order valence-electron chi connectivity index (χ0n) is 13.6. The molecule has 24 heavy (non-hydrogen) atoms. The molecule has 0 radical (unpaired) electrons. The Morgan fingerprint density at radius 3 is 2.92 bits per heavy atom. The lowest BCUT2D eigenvalue weighted by atomic mass is 10.2. The molecule has 0 spiro atoms. The monoisotopic (exact) mass is 351 g/mol. The summed E-state index contributed by atoms with van der Waals surface area (Å²) in [6, 6.07) is 4.58. The molecule has 6 nitrogen and oxygen atoms in total. The minimum Gasteiger partial charge on any atom is -0.336 e. The first-order valence-electron chi connectivity index (χ1n) is 7.74. The van der Waals surface area contributed by atoms with Crippen molar-refractivity contribution in [2.24, 2.45) is 0 Å². The van der Waals surface area contributed by atoms with Crippen molar-refractivity contribution in [1.82, 2.24) is 24.8 Å². The van der Waals surface area contributed by atoms with Gasteiger partial charge >= 0.3 is 0 Å². The van der Waals surface area contributed by atoms with Crippen LogP contribution in [0.2, 0.25) is 5.02 Å². The molecule has 1 saturated heterocycles. The topological polar surface area (TPSA) is 54.3 Å². The van der Waals surface area contributed by atoms with Crippen molar-refractivity contribution in [3.63, 3.8) is 0 Å². The van der Waals surface area contributed by atoms with Crippen molar-refractivity contribution in [3.8, 4) is 0 Å². The van der Waals surface area contributed by atoms with Crippen LogP contribution in [0, 0.1) is 5.82 Å². The van der Waals surface area contributed by atoms with E-state index in [2.05, 4.69) is 15.2 Å². The van der Waals surface area contributed by atoms with Crippen LogP contribution in [-0.4, -0.2) is 63.9 Å². The van der Waals surface area contributed by atoms with E-state index in [-0.39, 0.29) is 11.7 Å². The smallest absolute Gasteiger partial charge is 0.276 e. The van der Waals surface area contributed by atoms with Crippen molar-refractivity contribution >= 4 is 17.5 Å². The van der Waals surface area contributed by atoms with Crippen molar-refractivity contribution in [3.05, 3.63) is 46.5 Å². The average Bonchev–Trinajstić information content (AvgIpc) is 3.19. The van der Waals surface area contributed by atoms with E-state index in [1.54, 1.807) is 17.2 Å². The number of likely N-dealkylation sites (N-methyl/N-ethyl adjacent to an activating group) is 1. The maximum atomic E-state index is 13.1. The molecule has 1 aromatic heterocycles. The summed E-state index contributed by atoms with van der Waals surface area (Å²) in [5, 5.41) is 8.27. The zero-order chi connectivity index (χ0) is 17.3. The van der Waals surface area contributed by atoms with Gasteiger partial charge in [0.05, 0.1) is 12.7 Å². The summed E-state index contributed by atoms with van der Waals surface area (Å²) in [6.07, 6.45) is 2.56. The Balaban J connectivity index is 1.68. The second kappa shape index (κ2) is 6.86. The van der Waals surface area contributed by atoms with Gasteiger partial charge < -0.3 is 9.80 Å². The standard InChI is InChI=1S/C16H19ClFN5O/c1-21(2)13-5-6-22(9-13)16(24)15-10-23(20-19-15)8-11-3-4-12(18)7-14(11)17/h3-4,7,10,13H,5-6,8-9H2,1-2H3/t13-/m1/s1. The average molecular weight is 352 g/mol. The van der Waals surface area contributed by atoms with Crippen LogP contribution in [0.5, 0.6) is 0 Å². The summed E-state index contributed by atoms with van der Waals surface area (Å²) in [7, 11) is 4.03. The summed E-state index contributed by atoms with van der Waals surface area (Å²) in [5.41, 5.74) is 1.03. The van der Waals surface area contributed by atoms with E-state index in [4.69, 9.17) is 11.6 Å². The van der Waals surface area contributed by atoms with Gasteiger partial charge in [0.2, 0.25) is 0 Å². The van der Waals surface area contributed by atoms with Gasteiger partial charge in [-0.1, -0.05) is 22.9 Å². The first kappa shape index (κ1) is 16.9. The van der Waals surface area contributed by atoms with Crippen LogP contribution in [-0.2, 0) is 6.54 Å². The fraction of sp³-hybridized carbons (Fsp3) is 0.438. The molecule has 0 aliphatic carbocycles. The van der Waals surface area contributed by atoms with Crippen LogP contribution in [0.15, 0.2) is 24.4 Å². The minimum absolute atomic E-state index is 0.115. The number of benzene rings is 1. The quantitative estimate of drug-likeness (QED) is 0.844. The largest absolute Gasteiger partial charge is 0.336 e. The Labute approximate surface area is 144 Å². The van der Waals surface area contributed by atoms with Crippen LogP contribution in [0.25, 0.3) is 0 Å². The zero-order valence-corrected chi connectivity index (χ0v) is 14.4. The molecule has 0 bridgehead atoms. The van der Waals surface area contributed by atoms with E-state index in [0.717, 1.165) is 18.5 Å². The highest BCUT2D eigenvalue weighted by molar-refractivity contribution is 6.31. The Hall–Kier alpha value is -1.99. The van der Waals surface area contributed by atoms with Crippen molar-refractivity contribution in [2.75, 3.05) is 27.2 Å². The van der Waals surface area contributed by atoms with Crippen LogP contribution >= 0.6 is 11.6 Å². The van der Waals surface area contributed by atoms with Crippen LogP contribution in [0.4, 0.5) is 4.39 Å². The lowest BCUT2D eigenvalue weighted by Crippen LogP contribution is -2.34. The third kappa shape index (κ3) is 3.57. The number of aromatic nitrogens is 3. The molecule has 0 saturated carbocycles. The highest BCUT2D eigenvalue weighted by atomic mass is 35.5. The number of hydrogen-bond donors (Lipinski definition) is 0. The third-order valence-corrected chi connectivity index (χ3v) is 4.64. The highest BCUT2D eigenvalue weighted by Crippen LogP contribution is 2.19. The Bertz CT molecular complexity index is 748. The molecule has 1 aliphatic rings. The molecule has 0 N–H and O–H groups in total. The van der Waals surface area contributed by atoms with E-state index in [1.165, 1.54) is 16.8 Å². The van der Waals surface area contributed by atoms with Gasteiger partial charge in [0.15, 0.2) is 5.69 Å². The maximum absolute atomic E-state index is 13.1. The van der Waals surface area contributed by atoms with Crippen LogP contribution in [0.3, 0.4) is 0 Å². The number of hydrogen-bond acceptors (Lipinski definition) is 4. The van der Waals surface area contributed by atoms with E-state index in [9.17, 15) is 9.18 Å². The minimum atomic E-state index is -0.386. The molecule has 2 heterocycles. The number of halogens is 2. The number of likely N-dealkylation sites (tertiary alicyclic amines) is 1. The van der Waals surface area contributed by atoms with Gasteiger partial charge in [0, 0.05) is 24.2 Å². The molecule has 1 fully saturated rings. The molecule has 1 aromatic carbocycles. The van der Waals surface area contributed by atoms with Gasteiger partial charge in [-0.3, -0.25) is 4.79 Å². The Morgan fingerprint density at radius 1 is 1.46 bits per heavy atom. The fourth-order valence-electron chi connectivity index (χ4n) is 2.81. The second-order valence-electron chi connectivity index (χ2n) is 6.19. The molecular formula is C16H19ClFN5O. The van der Waals surface area contributed by atoms with Crippen molar-refractivity contribution in [1.29, 1.82) is 0 Å².